The van der Waals surface area contributed by atoms with Gasteiger partial charge in [0.1, 0.15) is 0 Å². The highest BCUT2D eigenvalue weighted by Crippen LogP contribution is 2.33. The van der Waals surface area contributed by atoms with Crippen LogP contribution in [0.5, 0.6) is 0 Å². The number of benzene rings is 8. The van der Waals surface area contributed by atoms with E-state index in [1.165, 1.54) is 9.03 Å². The van der Waals surface area contributed by atoms with Gasteiger partial charge in [0.25, 0.3) is 0 Å². The summed E-state index contributed by atoms with van der Waals surface area (Å²) in [4.78, 5) is 17.3. The van der Waals surface area contributed by atoms with Crippen molar-refractivity contribution in [1.29, 1.82) is 0 Å². The summed E-state index contributed by atoms with van der Waals surface area (Å²) in [5, 5.41) is 56.3. The van der Waals surface area contributed by atoms with Crippen molar-refractivity contribution >= 4 is 66.2 Å². The highest BCUT2D eigenvalue weighted by Gasteiger charge is 2.25. The standard InChI is InChI=1S/2C22H17N5.2C21H14FN5.2CH4/c2*1-15(17-9-10-19-18(14-17)8-5-13-23-19)22-25-24-21-12-11-20(26-27(21)22)16-6-3-2-4-7-16;2*22-20(16-8-9-17-15(13-16)7-4-12-23-17)21-25-24-19-11-10-18(26-27(19)21)14-5-2-1-3-6-14;;/h2*2-15H,1H3;2*1-13,20H;2*1H4/t2*15-;2*20-;;/m1010../s1. The summed E-state index contributed by atoms with van der Waals surface area (Å²) in [7, 11) is 0. The van der Waals surface area contributed by atoms with Crippen LogP contribution in [0.1, 0.15) is 98.4 Å². The highest BCUT2D eigenvalue weighted by atomic mass is 19.1. The van der Waals surface area contributed by atoms with Crippen molar-refractivity contribution in [2.75, 3.05) is 0 Å². The maximum Gasteiger partial charge on any atom is 0.193 e. The quantitative estimate of drug-likeness (QED) is 0.111. The molecule has 0 N–H and O–H groups in total. The van der Waals surface area contributed by atoms with Crippen LogP contribution in [0.4, 0.5) is 8.78 Å². The van der Waals surface area contributed by atoms with Crippen molar-refractivity contribution in [3.8, 4) is 45.0 Å². The molecule has 0 unspecified atom stereocenters. The van der Waals surface area contributed by atoms with E-state index in [0.29, 0.717) is 22.4 Å². The third-order valence-electron chi connectivity index (χ3n) is 18.7. The van der Waals surface area contributed by atoms with Gasteiger partial charge < -0.3 is 0 Å². The SMILES string of the molecule is C.C.C[C@@H](c1ccc2ncccc2c1)c1nnc2ccc(-c3ccccc3)nn12.C[C@H](c1ccc2ncccc2c1)c1nnc2ccc(-c3ccccc3)nn12.F[C@@H](c1ccc2ncccc2c1)c1nnc2ccc(-c3ccccc3)nn12.F[C@H](c1ccc2ncccc2c1)c1nnc2ccc(-c3ccccc3)nn12. The molecule has 20 rings (SSSR count). The molecule has 0 aliphatic heterocycles. The van der Waals surface area contributed by atoms with E-state index in [1.54, 1.807) is 48.8 Å². The molecule has 0 aliphatic rings. The summed E-state index contributed by atoms with van der Waals surface area (Å²) < 4.78 is 37.3. The molecule has 0 fully saturated rings. The molecule has 8 aromatic carbocycles. The Labute approximate surface area is 630 Å². The van der Waals surface area contributed by atoms with E-state index in [0.717, 1.165) is 123 Å². The number of halogens is 2. The molecule has 20 nitrogen and oxygen atoms in total. The first-order valence-electron chi connectivity index (χ1n) is 35.0. The number of rotatable bonds is 12. The first-order valence-corrected chi connectivity index (χ1v) is 35.0. The molecule has 0 bridgehead atoms. The highest BCUT2D eigenvalue weighted by molar-refractivity contribution is 5.82. The van der Waals surface area contributed by atoms with E-state index >= 15 is 8.78 Å². The molecule has 22 heteroatoms. The van der Waals surface area contributed by atoms with Crippen molar-refractivity contribution in [2.24, 2.45) is 0 Å². The second-order valence-electron chi connectivity index (χ2n) is 25.6. The molecule has 4 atom stereocenters. The summed E-state index contributed by atoms with van der Waals surface area (Å²) in [6, 6.07) is 93.8. The van der Waals surface area contributed by atoms with Crippen LogP contribution >= 0.6 is 0 Å². The van der Waals surface area contributed by atoms with Crippen LogP contribution in [0, 0.1) is 0 Å². The van der Waals surface area contributed by atoms with Gasteiger partial charge in [0.2, 0.25) is 0 Å². The number of hydrogen-bond acceptors (Lipinski definition) is 16. The first kappa shape index (κ1) is 71.1. The lowest BCUT2D eigenvalue weighted by Crippen LogP contribution is -2.05. The Morgan fingerprint density at radius 2 is 0.491 bits per heavy atom. The van der Waals surface area contributed by atoms with Crippen LogP contribution in [0.3, 0.4) is 0 Å². The number of pyridine rings is 4. The second-order valence-corrected chi connectivity index (χ2v) is 25.6. The predicted molar refractivity (Wildman–Crippen MR) is 426 cm³/mol. The fraction of sp³-hybridized carbons (Fsp3) is 0.0909. The minimum Gasteiger partial charge on any atom is -0.256 e. The van der Waals surface area contributed by atoms with E-state index in [-0.39, 0.29) is 38.3 Å². The zero-order valence-electron chi connectivity index (χ0n) is 58.0. The number of hydrogen-bond donors (Lipinski definition) is 0. The molecule has 110 heavy (non-hydrogen) atoms. The summed E-state index contributed by atoms with van der Waals surface area (Å²) in [5.74, 6) is 2.08. The Hall–Kier alpha value is -14.5. The smallest absolute Gasteiger partial charge is 0.193 e. The van der Waals surface area contributed by atoms with Crippen molar-refractivity contribution in [2.45, 2.75) is 52.9 Å². The Morgan fingerprint density at radius 3 is 0.773 bits per heavy atom. The Kier molecular flexibility index (Phi) is 20.5. The molecular formula is C88H70F2N20. The topological polar surface area (TPSA) is 224 Å². The third-order valence-corrected chi connectivity index (χ3v) is 18.7. The van der Waals surface area contributed by atoms with Crippen LogP contribution in [0.25, 0.3) is 111 Å². The number of aromatic nitrogens is 20. The predicted octanol–water partition coefficient (Wildman–Crippen LogP) is 19.1. The summed E-state index contributed by atoms with van der Waals surface area (Å²) >= 11 is 0. The van der Waals surface area contributed by atoms with E-state index in [2.05, 4.69) is 145 Å². The molecule has 0 saturated carbocycles. The van der Waals surface area contributed by atoms with E-state index in [9.17, 15) is 0 Å². The van der Waals surface area contributed by atoms with E-state index in [4.69, 9.17) is 10.2 Å². The normalized spacial score (nSPS) is 12.3. The van der Waals surface area contributed by atoms with Crippen LogP contribution in [0.15, 0.2) is 316 Å². The van der Waals surface area contributed by atoms with Crippen molar-refractivity contribution in [3.05, 3.63) is 362 Å². The molecule has 20 aromatic rings. The lowest BCUT2D eigenvalue weighted by atomic mass is 9.98. The van der Waals surface area contributed by atoms with Gasteiger partial charge in [0.05, 0.1) is 44.8 Å². The fourth-order valence-electron chi connectivity index (χ4n) is 13.0. The monoisotopic (exact) mass is 1440 g/mol. The van der Waals surface area contributed by atoms with Gasteiger partial charge in [-0.3, -0.25) is 19.9 Å². The average molecular weight is 1450 g/mol. The molecule has 0 radical (unpaired) electrons. The summed E-state index contributed by atoms with van der Waals surface area (Å²) in [6.45, 7) is 4.26. The van der Waals surface area contributed by atoms with E-state index < -0.39 is 12.3 Å². The van der Waals surface area contributed by atoms with Gasteiger partial charge >= 0.3 is 0 Å². The van der Waals surface area contributed by atoms with Gasteiger partial charge in [-0.25, -0.2) is 8.78 Å². The third kappa shape index (κ3) is 14.7. The Balaban J connectivity index is 0.000000116. The largest absolute Gasteiger partial charge is 0.256 e. The molecular weight excluding hydrogens is 1380 g/mol. The minimum absolute atomic E-state index is 0. The zero-order chi connectivity index (χ0) is 72.9. The number of alkyl halides is 2. The van der Waals surface area contributed by atoms with Crippen molar-refractivity contribution in [1.82, 2.24) is 99.2 Å². The molecule has 12 aromatic heterocycles. The van der Waals surface area contributed by atoms with Crippen molar-refractivity contribution in [3.63, 3.8) is 0 Å². The first-order chi connectivity index (χ1) is 53.2. The lowest BCUT2D eigenvalue weighted by molar-refractivity contribution is 0.377. The molecule has 12 heterocycles. The van der Waals surface area contributed by atoms with Gasteiger partial charge in [-0.05, 0) is 144 Å². The van der Waals surface area contributed by atoms with E-state index in [1.807, 2.05) is 216 Å². The molecule has 0 saturated heterocycles. The maximum absolute atomic E-state index is 15.3. The zero-order valence-corrected chi connectivity index (χ0v) is 58.0. The fourth-order valence-corrected chi connectivity index (χ4v) is 13.0. The average Bonchev–Trinajstić information content (AvgIpc) is 1.62. The summed E-state index contributed by atoms with van der Waals surface area (Å²) in [6.07, 6.45) is 4.18. The van der Waals surface area contributed by atoms with Gasteiger partial charge in [0.15, 0.2) is 58.2 Å². The van der Waals surface area contributed by atoms with Gasteiger partial charge in [0, 0.05) is 80.4 Å². The minimum atomic E-state index is -1.44. The molecule has 0 amide bonds. The maximum atomic E-state index is 15.3. The van der Waals surface area contributed by atoms with Gasteiger partial charge in [-0.1, -0.05) is 199 Å². The van der Waals surface area contributed by atoms with Crippen LogP contribution in [0.2, 0.25) is 0 Å². The molecule has 536 valence electrons. The van der Waals surface area contributed by atoms with Crippen molar-refractivity contribution < 1.29 is 8.78 Å². The second kappa shape index (κ2) is 31.6. The van der Waals surface area contributed by atoms with Crippen LogP contribution in [-0.4, -0.2) is 99.2 Å². The lowest BCUT2D eigenvalue weighted by Gasteiger charge is -2.11. The van der Waals surface area contributed by atoms with Crippen LogP contribution in [-0.2, 0) is 0 Å². The van der Waals surface area contributed by atoms with Crippen LogP contribution < -0.4 is 0 Å². The Bertz CT molecular complexity index is 5780. The number of fused-ring (bicyclic) bond motifs is 8. The summed E-state index contributed by atoms with van der Waals surface area (Å²) in [5.41, 5.74) is 16.8. The van der Waals surface area contributed by atoms with Gasteiger partial charge in [-0.15, -0.1) is 40.8 Å². The molecule has 0 aliphatic carbocycles. The van der Waals surface area contributed by atoms with Gasteiger partial charge in [-0.2, -0.15) is 38.5 Å². The molecule has 0 spiro atoms. The Morgan fingerprint density at radius 1 is 0.245 bits per heavy atom. The number of nitrogens with zero attached hydrogens (tertiary/aromatic N) is 20.